The van der Waals surface area contributed by atoms with Gasteiger partial charge in [-0.1, -0.05) is 30.3 Å². The van der Waals surface area contributed by atoms with E-state index in [0.717, 1.165) is 13.1 Å². The third kappa shape index (κ3) is 3.52. The van der Waals surface area contributed by atoms with E-state index in [9.17, 15) is 14.9 Å². The van der Waals surface area contributed by atoms with Gasteiger partial charge in [0, 0.05) is 43.9 Å². The van der Waals surface area contributed by atoms with Crippen LogP contribution in [0.1, 0.15) is 15.9 Å². The predicted octanol–water partition coefficient (Wildman–Crippen LogP) is 2.59. The molecule has 0 spiro atoms. The van der Waals surface area contributed by atoms with Crippen LogP contribution in [0.5, 0.6) is 5.75 Å². The van der Waals surface area contributed by atoms with Crippen molar-refractivity contribution in [3.63, 3.8) is 0 Å². The summed E-state index contributed by atoms with van der Waals surface area (Å²) < 4.78 is 5.39. The summed E-state index contributed by atoms with van der Waals surface area (Å²) in [6, 6.07) is 11.6. The number of rotatable bonds is 5. The van der Waals surface area contributed by atoms with Crippen LogP contribution >= 0.6 is 0 Å². The summed E-state index contributed by atoms with van der Waals surface area (Å²) >= 11 is 0. The summed E-state index contributed by atoms with van der Waals surface area (Å²) in [6.45, 7) is 3.02. The van der Waals surface area contributed by atoms with E-state index in [1.54, 1.807) is 30.3 Å². The van der Waals surface area contributed by atoms with Crippen molar-refractivity contribution in [3.8, 4) is 5.75 Å². The van der Waals surface area contributed by atoms with Crippen LogP contribution < -0.4 is 9.64 Å². The first kappa shape index (κ1) is 17.9. The summed E-state index contributed by atoms with van der Waals surface area (Å²) in [4.78, 5) is 28.2. The molecular formula is C19H21N3O4. The van der Waals surface area contributed by atoms with Gasteiger partial charge in [-0.15, -0.1) is 0 Å². The number of likely N-dealkylation sites (N-methyl/N-ethyl adjacent to an activating group) is 1. The van der Waals surface area contributed by atoms with E-state index >= 15 is 0 Å². The maximum Gasteiger partial charge on any atom is 0.293 e. The molecule has 2 aromatic carbocycles. The molecule has 0 radical (unpaired) electrons. The minimum atomic E-state index is -0.436. The average molecular weight is 355 g/mol. The molecule has 7 heteroatoms. The van der Waals surface area contributed by atoms with E-state index in [-0.39, 0.29) is 17.0 Å². The molecule has 1 saturated heterocycles. The molecule has 0 N–H and O–H groups in total. The van der Waals surface area contributed by atoms with Crippen LogP contribution in [0.2, 0.25) is 0 Å². The van der Waals surface area contributed by atoms with Gasteiger partial charge in [0.25, 0.3) is 5.69 Å². The molecule has 136 valence electrons. The predicted molar refractivity (Wildman–Crippen MR) is 99.2 cm³/mol. The summed E-state index contributed by atoms with van der Waals surface area (Å²) in [5.41, 5.74) is 1.08. The van der Waals surface area contributed by atoms with Crippen LogP contribution in [0, 0.1) is 10.1 Å². The van der Waals surface area contributed by atoms with Crippen LogP contribution in [0.15, 0.2) is 42.5 Å². The number of ether oxygens (including phenoxy) is 1. The first-order chi connectivity index (χ1) is 12.5. The van der Waals surface area contributed by atoms with Gasteiger partial charge in [0.05, 0.1) is 17.6 Å². The molecule has 0 bridgehead atoms. The van der Waals surface area contributed by atoms with Gasteiger partial charge in [-0.25, -0.2) is 0 Å². The number of hydrogen-bond acceptors (Lipinski definition) is 6. The molecule has 0 atom stereocenters. The molecule has 7 nitrogen and oxygen atoms in total. The van der Waals surface area contributed by atoms with Crippen LogP contribution in [0.3, 0.4) is 0 Å². The van der Waals surface area contributed by atoms with E-state index in [1.165, 1.54) is 13.2 Å². The molecule has 3 rings (SSSR count). The smallest absolute Gasteiger partial charge is 0.293 e. The van der Waals surface area contributed by atoms with Crippen LogP contribution in [0.4, 0.5) is 11.4 Å². The number of benzene rings is 2. The molecule has 0 saturated carbocycles. The summed E-state index contributed by atoms with van der Waals surface area (Å²) in [5, 5.41) is 11.7. The zero-order valence-corrected chi connectivity index (χ0v) is 14.8. The van der Waals surface area contributed by atoms with E-state index in [1.807, 2.05) is 18.0 Å². The van der Waals surface area contributed by atoms with E-state index < -0.39 is 4.92 Å². The molecule has 26 heavy (non-hydrogen) atoms. The van der Waals surface area contributed by atoms with Crippen molar-refractivity contribution in [2.75, 3.05) is 45.2 Å². The molecule has 1 aliphatic rings. The number of nitrogens with zero attached hydrogens (tertiary/aromatic N) is 3. The number of nitro benzene ring substituents is 1. The lowest BCUT2D eigenvalue weighted by molar-refractivity contribution is -0.384. The fourth-order valence-corrected chi connectivity index (χ4v) is 3.10. The lowest BCUT2D eigenvalue weighted by atomic mass is 10.0. The fourth-order valence-electron chi connectivity index (χ4n) is 3.10. The lowest BCUT2D eigenvalue weighted by Gasteiger charge is -2.33. The highest BCUT2D eigenvalue weighted by atomic mass is 16.6. The van der Waals surface area contributed by atoms with Crippen molar-refractivity contribution in [1.82, 2.24) is 4.90 Å². The Hall–Kier alpha value is -2.93. The van der Waals surface area contributed by atoms with Crippen LogP contribution in [-0.2, 0) is 0 Å². The zero-order chi connectivity index (χ0) is 18.7. The molecule has 2 aromatic rings. The number of anilines is 1. The SMILES string of the molecule is COc1cc(N2CCN(C)CC2)c([N+](=O)[O-])cc1C(=O)c1ccccc1. The minimum Gasteiger partial charge on any atom is -0.496 e. The van der Waals surface area contributed by atoms with Crippen LogP contribution in [-0.4, -0.2) is 55.9 Å². The normalized spacial score (nSPS) is 14.9. The number of methoxy groups -OCH3 is 1. The summed E-state index contributed by atoms with van der Waals surface area (Å²) in [6.07, 6.45) is 0. The topological polar surface area (TPSA) is 75.9 Å². The molecule has 1 heterocycles. The number of carbonyl (C=O) groups is 1. The Morgan fingerprint density at radius 2 is 1.77 bits per heavy atom. The first-order valence-electron chi connectivity index (χ1n) is 8.41. The largest absolute Gasteiger partial charge is 0.496 e. The Morgan fingerprint density at radius 3 is 2.35 bits per heavy atom. The fraction of sp³-hybridized carbons (Fsp3) is 0.316. The van der Waals surface area contributed by atoms with Crippen molar-refractivity contribution in [2.24, 2.45) is 0 Å². The third-order valence-corrected chi connectivity index (χ3v) is 4.62. The number of ketones is 1. The van der Waals surface area contributed by atoms with Gasteiger partial charge in [0.15, 0.2) is 5.78 Å². The molecule has 1 fully saturated rings. The van der Waals surface area contributed by atoms with Gasteiger partial charge in [-0.2, -0.15) is 0 Å². The second kappa shape index (κ2) is 7.53. The van der Waals surface area contributed by atoms with Crippen molar-refractivity contribution >= 4 is 17.2 Å². The molecule has 0 amide bonds. The number of nitro groups is 1. The standard InChI is InChI=1S/C19H21N3O4/c1-20-8-10-21(11-9-20)16-13-18(26-2)15(12-17(16)22(24)25)19(23)14-6-4-3-5-7-14/h3-7,12-13H,8-11H2,1-2H3. The molecule has 0 aromatic heterocycles. The highest BCUT2D eigenvalue weighted by Crippen LogP contribution is 2.36. The van der Waals surface area contributed by atoms with Gasteiger partial charge in [-0.3, -0.25) is 14.9 Å². The maximum atomic E-state index is 12.8. The average Bonchev–Trinajstić information content (AvgIpc) is 2.67. The first-order valence-corrected chi connectivity index (χ1v) is 8.41. The van der Waals surface area contributed by atoms with Crippen LogP contribution in [0.25, 0.3) is 0 Å². The number of hydrogen-bond donors (Lipinski definition) is 0. The highest BCUT2D eigenvalue weighted by Gasteiger charge is 2.27. The minimum absolute atomic E-state index is 0.0744. The Bertz CT molecular complexity index is 815. The van der Waals surface area contributed by atoms with Gasteiger partial charge in [0.2, 0.25) is 0 Å². The van der Waals surface area contributed by atoms with Crippen molar-refractivity contribution in [1.29, 1.82) is 0 Å². The monoisotopic (exact) mass is 355 g/mol. The second-order valence-electron chi connectivity index (χ2n) is 6.28. The highest BCUT2D eigenvalue weighted by molar-refractivity contribution is 6.11. The van der Waals surface area contributed by atoms with Gasteiger partial charge in [0.1, 0.15) is 11.4 Å². The molecular weight excluding hydrogens is 334 g/mol. The second-order valence-corrected chi connectivity index (χ2v) is 6.28. The molecule has 0 aliphatic carbocycles. The van der Waals surface area contributed by atoms with E-state index in [4.69, 9.17) is 4.74 Å². The van der Waals surface area contributed by atoms with Gasteiger partial charge >= 0.3 is 0 Å². The van der Waals surface area contributed by atoms with Crippen molar-refractivity contribution < 1.29 is 14.5 Å². The van der Waals surface area contributed by atoms with Crippen molar-refractivity contribution in [3.05, 3.63) is 63.7 Å². The van der Waals surface area contributed by atoms with Crippen molar-refractivity contribution in [2.45, 2.75) is 0 Å². The van der Waals surface area contributed by atoms with E-state index in [2.05, 4.69) is 4.90 Å². The Balaban J connectivity index is 2.05. The molecule has 0 unspecified atom stereocenters. The Kier molecular flexibility index (Phi) is 5.18. The molecule has 1 aliphatic heterocycles. The maximum absolute atomic E-state index is 12.8. The number of piperazine rings is 1. The zero-order valence-electron chi connectivity index (χ0n) is 14.8. The van der Waals surface area contributed by atoms with E-state index in [0.29, 0.717) is 30.1 Å². The lowest BCUT2D eigenvalue weighted by Crippen LogP contribution is -2.44. The Labute approximate surface area is 151 Å². The quantitative estimate of drug-likeness (QED) is 0.466. The number of carbonyl (C=O) groups excluding carboxylic acids is 1. The Morgan fingerprint density at radius 1 is 1.12 bits per heavy atom. The summed E-state index contributed by atoms with van der Waals surface area (Å²) in [5.74, 6) is 0.0499. The third-order valence-electron chi connectivity index (χ3n) is 4.62. The van der Waals surface area contributed by atoms with Gasteiger partial charge < -0.3 is 14.5 Å². The summed E-state index contributed by atoms with van der Waals surface area (Å²) in [7, 11) is 3.49. The van der Waals surface area contributed by atoms with Gasteiger partial charge in [-0.05, 0) is 7.05 Å².